The Labute approximate surface area is 242 Å². The molecular formula is C29H46N4O4S2. The predicted octanol–water partition coefficient (Wildman–Crippen LogP) is 7.81. The van der Waals surface area contributed by atoms with Crippen LogP contribution in [-0.4, -0.2) is 32.1 Å². The van der Waals surface area contributed by atoms with Crippen LogP contribution in [0.4, 0.5) is 10.0 Å². The lowest BCUT2D eigenvalue weighted by atomic mass is 10.1. The molecule has 0 fully saturated rings. The van der Waals surface area contributed by atoms with Gasteiger partial charge in [-0.05, 0) is 61.9 Å². The molecule has 10 heteroatoms. The molecule has 0 radical (unpaired) electrons. The van der Waals surface area contributed by atoms with Gasteiger partial charge < -0.3 is 10.6 Å². The maximum Gasteiger partial charge on any atom is 0.232 e. The van der Waals surface area contributed by atoms with Crippen molar-refractivity contribution < 1.29 is 19.2 Å². The van der Waals surface area contributed by atoms with Crippen molar-refractivity contribution in [1.29, 1.82) is 0 Å². The van der Waals surface area contributed by atoms with E-state index in [1.165, 1.54) is 55.2 Å². The highest BCUT2D eigenvalue weighted by atomic mass is 32.1. The van der Waals surface area contributed by atoms with Crippen molar-refractivity contribution in [3.8, 4) is 0 Å². The number of ketones is 2. The Morgan fingerprint density at radius 2 is 0.974 bits per heavy atom. The van der Waals surface area contributed by atoms with E-state index in [-0.39, 0.29) is 36.2 Å². The van der Waals surface area contributed by atoms with Crippen molar-refractivity contribution in [2.75, 3.05) is 10.6 Å². The van der Waals surface area contributed by atoms with E-state index in [9.17, 15) is 19.2 Å². The van der Waals surface area contributed by atoms with E-state index in [1.54, 1.807) is 6.07 Å². The fourth-order valence-corrected chi connectivity index (χ4v) is 5.13. The number of aryl methyl sites for hydroxylation is 2. The summed E-state index contributed by atoms with van der Waals surface area (Å²) in [5, 5.41) is 6.82. The van der Waals surface area contributed by atoms with Crippen LogP contribution in [0.2, 0.25) is 0 Å². The molecule has 8 nitrogen and oxygen atoms in total. The van der Waals surface area contributed by atoms with Crippen LogP contribution in [-0.2, 0) is 19.2 Å². The molecule has 2 heterocycles. The summed E-state index contributed by atoms with van der Waals surface area (Å²) >= 11 is 2.48. The van der Waals surface area contributed by atoms with Crippen molar-refractivity contribution in [1.82, 2.24) is 8.75 Å². The molecule has 0 spiro atoms. The van der Waals surface area contributed by atoms with Crippen LogP contribution >= 0.6 is 23.1 Å². The number of nitrogens with zero attached hydrogens (tertiary/aromatic N) is 2. The third kappa shape index (κ3) is 18.5. The molecule has 218 valence electrons. The molecule has 2 amide bonds. The van der Waals surface area contributed by atoms with Gasteiger partial charge in [-0.3, -0.25) is 19.2 Å². The van der Waals surface area contributed by atoms with E-state index >= 15 is 0 Å². The summed E-state index contributed by atoms with van der Waals surface area (Å²) in [6, 6.07) is 3.61. The molecule has 0 bridgehead atoms. The minimum atomic E-state index is -0.237. The Morgan fingerprint density at radius 3 is 1.33 bits per heavy atom. The normalized spacial score (nSPS) is 10.5. The Hall–Kier alpha value is -2.46. The van der Waals surface area contributed by atoms with Crippen LogP contribution in [0.25, 0.3) is 0 Å². The van der Waals surface area contributed by atoms with Crippen molar-refractivity contribution >= 4 is 56.4 Å². The second-order valence-electron chi connectivity index (χ2n) is 9.87. The van der Waals surface area contributed by atoms with Gasteiger partial charge in [0.25, 0.3) is 0 Å². The predicted molar refractivity (Wildman–Crippen MR) is 162 cm³/mol. The van der Waals surface area contributed by atoms with Crippen molar-refractivity contribution in [2.24, 2.45) is 0 Å². The molecule has 0 aliphatic heterocycles. The minimum Gasteiger partial charge on any atom is -0.316 e. The van der Waals surface area contributed by atoms with E-state index in [0.717, 1.165) is 49.9 Å². The first-order chi connectivity index (χ1) is 18.7. The number of hydrogen-bond acceptors (Lipinski definition) is 8. The largest absolute Gasteiger partial charge is 0.316 e. The summed E-state index contributed by atoms with van der Waals surface area (Å²) in [5.74, 6) is -0.419. The van der Waals surface area contributed by atoms with Crippen LogP contribution in [0.15, 0.2) is 12.1 Å². The number of aromatic nitrogens is 2. The number of carbonyl (C=O) groups excluding carboxylic acids is 4. The van der Waals surface area contributed by atoms with Gasteiger partial charge >= 0.3 is 0 Å². The first kappa shape index (κ1) is 34.6. The SMILES string of the molecule is CCCCCCC(=O)CC(=O)Nc1cc(C)ns1.CCCCCCCCCC(=O)CC(=O)Nc1cc(C)ns1. The first-order valence-corrected chi connectivity index (χ1v) is 15.8. The quantitative estimate of drug-likeness (QED) is 0.130. The number of unbranched alkanes of at least 4 members (excludes halogenated alkanes) is 9. The lowest BCUT2D eigenvalue weighted by molar-refractivity contribution is -0.127. The number of hydrogen-bond donors (Lipinski definition) is 2. The van der Waals surface area contributed by atoms with Gasteiger partial charge in [0.1, 0.15) is 21.6 Å². The third-order valence-electron chi connectivity index (χ3n) is 5.86. The standard InChI is InChI=1S/C16H26N2O2S.C13H20N2O2S/c1-3-4-5-6-7-8-9-10-14(19)12-15(20)17-16-11-13(2)18-21-16;1-3-4-5-6-7-11(16)9-12(17)14-13-8-10(2)15-18-13/h11H,3-10,12H2,1-2H3,(H,17,20);8H,3-7,9H2,1-2H3,(H,14,17). The lowest BCUT2D eigenvalue weighted by Gasteiger charge is -2.02. The molecule has 2 N–H and O–H groups in total. The Balaban J connectivity index is 0.000000395. The number of amides is 2. The minimum absolute atomic E-state index is 0.0184. The van der Waals surface area contributed by atoms with Gasteiger partial charge in [-0.1, -0.05) is 71.6 Å². The molecular weight excluding hydrogens is 532 g/mol. The highest BCUT2D eigenvalue weighted by Gasteiger charge is 2.11. The Bertz CT molecular complexity index is 1000. The number of anilines is 2. The van der Waals surface area contributed by atoms with Gasteiger partial charge in [0.05, 0.1) is 24.2 Å². The summed E-state index contributed by atoms with van der Waals surface area (Å²) in [6.07, 6.45) is 13.5. The molecule has 0 saturated heterocycles. The number of carbonyl (C=O) groups is 4. The van der Waals surface area contributed by atoms with E-state index in [0.29, 0.717) is 22.8 Å². The van der Waals surface area contributed by atoms with E-state index in [4.69, 9.17) is 0 Å². The average Bonchev–Trinajstić information content (AvgIpc) is 3.48. The molecule has 39 heavy (non-hydrogen) atoms. The van der Waals surface area contributed by atoms with E-state index in [2.05, 4.69) is 33.2 Å². The summed E-state index contributed by atoms with van der Waals surface area (Å²) in [5.41, 5.74) is 1.76. The third-order valence-corrected chi connectivity index (χ3v) is 7.46. The molecule has 0 atom stereocenters. The summed E-state index contributed by atoms with van der Waals surface area (Å²) in [7, 11) is 0. The molecule has 0 aliphatic rings. The molecule has 2 rings (SSSR count). The van der Waals surface area contributed by atoms with Gasteiger partial charge in [0.2, 0.25) is 11.8 Å². The first-order valence-electron chi connectivity index (χ1n) is 14.2. The lowest BCUT2D eigenvalue weighted by Crippen LogP contribution is -2.15. The zero-order valence-corrected chi connectivity index (χ0v) is 25.7. The van der Waals surface area contributed by atoms with Gasteiger partial charge in [-0.2, -0.15) is 8.75 Å². The zero-order chi connectivity index (χ0) is 28.9. The van der Waals surface area contributed by atoms with Crippen LogP contribution in [0.3, 0.4) is 0 Å². The second-order valence-corrected chi connectivity index (χ2v) is 11.5. The molecule has 2 aromatic heterocycles. The van der Waals surface area contributed by atoms with Gasteiger partial charge in [-0.25, -0.2) is 0 Å². The van der Waals surface area contributed by atoms with Crippen LogP contribution in [0.1, 0.15) is 122 Å². The highest BCUT2D eigenvalue weighted by Crippen LogP contribution is 2.17. The van der Waals surface area contributed by atoms with Crippen molar-refractivity contribution in [2.45, 2.75) is 124 Å². The summed E-state index contributed by atoms with van der Waals surface area (Å²) in [4.78, 5) is 46.5. The maximum atomic E-state index is 11.7. The highest BCUT2D eigenvalue weighted by molar-refractivity contribution is 7.10. The topological polar surface area (TPSA) is 118 Å². The summed E-state index contributed by atoms with van der Waals surface area (Å²) in [6.45, 7) is 8.08. The smallest absolute Gasteiger partial charge is 0.232 e. The molecule has 0 saturated carbocycles. The zero-order valence-electron chi connectivity index (χ0n) is 24.1. The van der Waals surface area contributed by atoms with Crippen LogP contribution < -0.4 is 10.6 Å². The van der Waals surface area contributed by atoms with E-state index in [1.807, 2.05) is 19.9 Å². The number of rotatable bonds is 19. The second kappa shape index (κ2) is 21.4. The fraction of sp³-hybridized carbons (Fsp3) is 0.655. The van der Waals surface area contributed by atoms with Gasteiger partial charge in [0, 0.05) is 12.8 Å². The van der Waals surface area contributed by atoms with E-state index < -0.39 is 0 Å². The summed E-state index contributed by atoms with van der Waals surface area (Å²) < 4.78 is 8.14. The van der Waals surface area contributed by atoms with Crippen molar-refractivity contribution in [3.63, 3.8) is 0 Å². The van der Waals surface area contributed by atoms with Gasteiger partial charge in [-0.15, -0.1) is 0 Å². The molecule has 0 aromatic carbocycles. The number of nitrogens with one attached hydrogen (secondary N) is 2. The van der Waals surface area contributed by atoms with Crippen molar-refractivity contribution in [3.05, 3.63) is 23.5 Å². The Kier molecular flexibility index (Phi) is 18.9. The van der Waals surface area contributed by atoms with Crippen LogP contribution in [0.5, 0.6) is 0 Å². The maximum absolute atomic E-state index is 11.7. The monoisotopic (exact) mass is 578 g/mol. The molecule has 2 aromatic rings. The Morgan fingerprint density at radius 1 is 0.615 bits per heavy atom. The molecule has 0 unspecified atom stereocenters. The van der Waals surface area contributed by atoms with Gasteiger partial charge in [0.15, 0.2) is 0 Å². The van der Waals surface area contributed by atoms with Crippen LogP contribution in [0, 0.1) is 13.8 Å². The molecule has 0 aliphatic carbocycles. The fourth-order valence-electron chi connectivity index (χ4n) is 3.77. The number of Topliss-reactive ketones (excluding diaryl/α,β-unsaturated/α-hetero) is 2. The average molecular weight is 579 g/mol.